The number of nitrogens with one attached hydrogen (secondary N) is 3. The van der Waals surface area contributed by atoms with Crippen molar-refractivity contribution >= 4 is 23.1 Å². The summed E-state index contributed by atoms with van der Waals surface area (Å²) in [6.07, 6.45) is 15.7. The summed E-state index contributed by atoms with van der Waals surface area (Å²) in [5.74, 6) is -3.96. The number of alkyl halides is 2. The third kappa shape index (κ3) is 9.90. The molecule has 2 aliphatic carbocycles. The number of anilines is 1. The first-order chi connectivity index (χ1) is 24.4. The van der Waals surface area contributed by atoms with E-state index < -0.39 is 29.4 Å². The zero-order chi connectivity index (χ0) is 37.1. The number of hydrogen-bond donors (Lipinski definition) is 3. The van der Waals surface area contributed by atoms with Gasteiger partial charge in [-0.05, 0) is 93.8 Å². The van der Waals surface area contributed by atoms with E-state index in [-0.39, 0.29) is 36.8 Å². The lowest BCUT2D eigenvalue weighted by Crippen LogP contribution is -2.31. The van der Waals surface area contributed by atoms with Gasteiger partial charge >= 0.3 is 6.61 Å². The number of hydrogen-bond acceptors (Lipinski definition) is 4. The molecule has 0 bridgehead atoms. The Hall–Kier alpha value is -4.86. The van der Waals surface area contributed by atoms with Gasteiger partial charge in [-0.25, -0.2) is 4.39 Å². The standard InChI is InChI=1S/C41H47F4N3O3/c1-6-27(7-2)18-20-46-36(49)19-21-47-39(50)33-15-14-31(24-28(33)8-3)48-35-13-11-9-10-12-30-23-29(22-26(4)25-41(30,35)5)32-16-17-34(51-40(44)45)38(43)37(32)42/h6,9-10,12-17,22,24,40,48H,4,7-8,11,18-21,23,25H2,1-3,5H3,(H,46,49)(H,47,50)/b10-9-,27-6-,30-12?,35-13-. The van der Waals surface area contributed by atoms with Crippen LogP contribution >= 0.6 is 0 Å². The van der Waals surface area contributed by atoms with Crippen molar-refractivity contribution in [3.05, 3.63) is 124 Å². The van der Waals surface area contributed by atoms with E-state index in [4.69, 9.17) is 0 Å². The molecule has 2 aromatic rings. The monoisotopic (exact) mass is 705 g/mol. The maximum Gasteiger partial charge on any atom is 0.387 e. The Balaban J connectivity index is 1.49. The van der Waals surface area contributed by atoms with Crippen LogP contribution in [0.2, 0.25) is 0 Å². The van der Waals surface area contributed by atoms with Gasteiger partial charge in [0.15, 0.2) is 11.6 Å². The van der Waals surface area contributed by atoms with Crippen molar-refractivity contribution in [2.75, 3.05) is 18.4 Å². The average molecular weight is 706 g/mol. The van der Waals surface area contributed by atoms with E-state index in [9.17, 15) is 22.8 Å². The lowest BCUT2D eigenvalue weighted by Gasteiger charge is -2.36. The van der Waals surface area contributed by atoms with Crippen molar-refractivity contribution in [3.8, 4) is 5.75 Å². The molecule has 0 saturated heterocycles. The predicted molar refractivity (Wildman–Crippen MR) is 195 cm³/mol. The van der Waals surface area contributed by atoms with E-state index in [1.54, 1.807) is 12.1 Å². The minimum atomic E-state index is -3.29. The highest BCUT2D eigenvalue weighted by molar-refractivity contribution is 5.96. The zero-order valence-corrected chi connectivity index (χ0v) is 29.7. The van der Waals surface area contributed by atoms with Crippen LogP contribution in [0.1, 0.15) is 87.7 Å². The normalized spacial score (nSPS) is 19.4. The summed E-state index contributed by atoms with van der Waals surface area (Å²) < 4.78 is 59.6. The van der Waals surface area contributed by atoms with E-state index in [2.05, 4.69) is 53.3 Å². The Labute approximate surface area is 298 Å². The molecule has 4 rings (SSSR count). The van der Waals surface area contributed by atoms with Gasteiger partial charge in [0, 0.05) is 47.4 Å². The van der Waals surface area contributed by atoms with E-state index in [1.165, 1.54) is 11.6 Å². The highest BCUT2D eigenvalue weighted by Crippen LogP contribution is 2.49. The third-order valence-corrected chi connectivity index (χ3v) is 9.42. The van der Waals surface area contributed by atoms with Crippen molar-refractivity contribution in [1.82, 2.24) is 10.6 Å². The molecule has 272 valence electrons. The van der Waals surface area contributed by atoms with Crippen LogP contribution < -0.4 is 20.7 Å². The van der Waals surface area contributed by atoms with Crippen LogP contribution in [0.4, 0.5) is 23.2 Å². The fourth-order valence-corrected chi connectivity index (χ4v) is 6.53. The van der Waals surface area contributed by atoms with Gasteiger partial charge in [-0.3, -0.25) is 9.59 Å². The molecule has 0 fully saturated rings. The number of amides is 2. The predicted octanol–water partition coefficient (Wildman–Crippen LogP) is 9.73. The zero-order valence-electron chi connectivity index (χ0n) is 29.7. The van der Waals surface area contributed by atoms with E-state index in [1.807, 2.05) is 44.2 Å². The third-order valence-electron chi connectivity index (χ3n) is 9.42. The lowest BCUT2D eigenvalue weighted by atomic mass is 9.72. The molecule has 51 heavy (non-hydrogen) atoms. The fraction of sp³-hybridized carbons (Fsp3) is 0.366. The summed E-state index contributed by atoms with van der Waals surface area (Å²) in [7, 11) is 0. The molecule has 10 heteroatoms. The van der Waals surface area contributed by atoms with E-state index in [0.717, 1.165) is 41.4 Å². The first-order valence-corrected chi connectivity index (χ1v) is 17.4. The molecule has 6 nitrogen and oxygen atoms in total. The van der Waals surface area contributed by atoms with Crippen molar-refractivity contribution in [2.45, 2.75) is 79.3 Å². The Kier molecular flexibility index (Phi) is 13.6. The van der Waals surface area contributed by atoms with E-state index in [0.29, 0.717) is 42.5 Å². The smallest absolute Gasteiger partial charge is 0.387 e. The molecule has 3 N–H and O–H groups in total. The first-order valence-electron chi connectivity index (χ1n) is 17.4. The van der Waals surface area contributed by atoms with Gasteiger partial charge in [0.1, 0.15) is 0 Å². The van der Waals surface area contributed by atoms with Crippen LogP contribution in [0.3, 0.4) is 0 Å². The van der Waals surface area contributed by atoms with E-state index >= 15 is 4.39 Å². The van der Waals surface area contributed by atoms with Gasteiger partial charge in [0.25, 0.3) is 5.91 Å². The van der Waals surface area contributed by atoms with Crippen molar-refractivity contribution in [2.24, 2.45) is 5.41 Å². The Morgan fingerprint density at radius 2 is 1.82 bits per heavy atom. The van der Waals surface area contributed by atoms with Crippen LogP contribution in [0.15, 0.2) is 95.8 Å². The molecule has 0 aliphatic heterocycles. The van der Waals surface area contributed by atoms with Gasteiger partial charge in [-0.15, -0.1) is 0 Å². The molecule has 0 spiro atoms. The van der Waals surface area contributed by atoms with Gasteiger partial charge in [0.05, 0.1) is 0 Å². The second-order valence-corrected chi connectivity index (χ2v) is 12.9. The number of benzene rings is 2. The van der Waals surface area contributed by atoms with Crippen molar-refractivity contribution in [1.29, 1.82) is 0 Å². The Morgan fingerprint density at radius 3 is 2.53 bits per heavy atom. The van der Waals surface area contributed by atoms with Crippen LogP contribution in [0.5, 0.6) is 5.75 Å². The second kappa shape index (κ2) is 17.9. The van der Waals surface area contributed by atoms with Crippen LogP contribution in [-0.4, -0.2) is 31.5 Å². The number of allylic oxidation sites excluding steroid dienone is 9. The van der Waals surface area contributed by atoms with Crippen LogP contribution in [0, 0.1) is 17.0 Å². The van der Waals surface area contributed by atoms with Gasteiger partial charge in [-0.2, -0.15) is 13.2 Å². The molecular weight excluding hydrogens is 658 g/mol. The number of rotatable bonds is 14. The molecule has 1 atom stereocenters. The number of fused-ring (bicyclic) bond motifs is 1. The van der Waals surface area contributed by atoms with Gasteiger partial charge in [0.2, 0.25) is 11.7 Å². The number of aryl methyl sites for hydroxylation is 1. The number of carbonyl (C=O) groups excluding carboxylic acids is 2. The molecule has 0 radical (unpaired) electrons. The maximum atomic E-state index is 15.3. The fourth-order valence-electron chi connectivity index (χ4n) is 6.53. The largest absolute Gasteiger partial charge is 0.432 e. The second-order valence-electron chi connectivity index (χ2n) is 12.9. The van der Waals surface area contributed by atoms with Crippen molar-refractivity contribution < 1.29 is 31.9 Å². The summed E-state index contributed by atoms with van der Waals surface area (Å²) in [5.41, 5.74) is 5.68. The van der Waals surface area contributed by atoms with Gasteiger partial charge in [-0.1, -0.05) is 73.6 Å². The summed E-state index contributed by atoms with van der Waals surface area (Å²) >= 11 is 0. The molecule has 0 aromatic heterocycles. The summed E-state index contributed by atoms with van der Waals surface area (Å²) in [5, 5.41) is 9.36. The maximum absolute atomic E-state index is 15.3. The molecule has 0 heterocycles. The first kappa shape index (κ1) is 38.9. The quantitative estimate of drug-likeness (QED) is 0.135. The average Bonchev–Trinajstić information content (AvgIpc) is 3.21. The highest BCUT2D eigenvalue weighted by Gasteiger charge is 2.37. The number of halogens is 4. The Bertz CT molecular complexity index is 1790. The van der Waals surface area contributed by atoms with Gasteiger partial charge < -0.3 is 20.7 Å². The number of ether oxygens (including phenoxy) is 1. The summed E-state index contributed by atoms with van der Waals surface area (Å²) in [4.78, 5) is 25.4. The summed E-state index contributed by atoms with van der Waals surface area (Å²) in [6, 6.07) is 7.80. The minimum Gasteiger partial charge on any atom is -0.432 e. The molecule has 2 aliphatic rings. The van der Waals surface area contributed by atoms with Crippen LogP contribution in [-0.2, 0) is 11.2 Å². The molecule has 2 amide bonds. The lowest BCUT2D eigenvalue weighted by molar-refractivity contribution is -0.120. The Morgan fingerprint density at radius 1 is 1.06 bits per heavy atom. The van der Waals surface area contributed by atoms with Crippen LogP contribution in [0.25, 0.3) is 5.57 Å². The molecule has 2 aromatic carbocycles. The molecule has 1 unspecified atom stereocenters. The highest BCUT2D eigenvalue weighted by atomic mass is 19.3. The van der Waals surface area contributed by atoms with Crippen molar-refractivity contribution in [3.63, 3.8) is 0 Å². The molecular formula is C41H47F4N3O3. The minimum absolute atomic E-state index is 0.0537. The number of carbonyl (C=O) groups is 2. The SMILES string of the molecule is C=C1C=C(c2ccc(OC(F)F)c(F)c2F)CC2=C/C=C\C/C=C(\Nc3ccc(C(=O)NCCC(=O)NCC/C(=C\C)CC)c(CC)c3)C2(C)C1. The topological polar surface area (TPSA) is 79.5 Å². The summed E-state index contributed by atoms with van der Waals surface area (Å²) in [6.45, 7) is 9.84. The molecule has 0 saturated carbocycles.